The zero-order chi connectivity index (χ0) is 18.8. The molecule has 0 fully saturated rings. The van der Waals surface area contributed by atoms with Crippen LogP contribution in [0.3, 0.4) is 0 Å². The Kier molecular flexibility index (Phi) is 5.25. The fraction of sp³-hybridized carbons (Fsp3) is 0.211. The summed E-state index contributed by atoms with van der Waals surface area (Å²) in [6.45, 7) is 3.67. The maximum Gasteiger partial charge on any atom is 0.327 e. The number of carbonyl (C=O) groups is 2. The molecule has 0 aliphatic rings. The Morgan fingerprint density at radius 2 is 1.88 bits per heavy atom. The van der Waals surface area contributed by atoms with E-state index in [9.17, 15) is 14.7 Å². The minimum atomic E-state index is -0.958. The summed E-state index contributed by atoms with van der Waals surface area (Å²) in [4.78, 5) is 29.0. The second-order valence-electron chi connectivity index (χ2n) is 6.18. The van der Waals surface area contributed by atoms with Crippen LogP contribution in [-0.4, -0.2) is 21.6 Å². The minimum absolute atomic E-state index is 0.175. The molecule has 1 aromatic heterocycles. The van der Waals surface area contributed by atoms with Crippen LogP contribution >= 0.6 is 22.9 Å². The van der Waals surface area contributed by atoms with Crippen molar-refractivity contribution in [3.63, 3.8) is 0 Å². The van der Waals surface area contributed by atoms with E-state index in [4.69, 9.17) is 11.6 Å². The molecule has 0 saturated heterocycles. The molecule has 1 heterocycles. The number of nitrogens with zero attached hydrogens (tertiary/aromatic N) is 2. The maximum atomic E-state index is 12.6. The van der Waals surface area contributed by atoms with Crippen molar-refractivity contribution in [1.82, 2.24) is 4.57 Å². The number of hydrogen-bond acceptors (Lipinski definition) is 3. The quantitative estimate of drug-likeness (QED) is 0.720. The number of benzene rings is 2. The highest BCUT2D eigenvalue weighted by Gasteiger charge is 2.26. The van der Waals surface area contributed by atoms with Gasteiger partial charge in [-0.3, -0.25) is 4.79 Å². The molecule has 134 valence electrons. The van der Waals surface area contributed by atoms with Gasteiger partial charge < -0.3 is 9.67 Å². The van der Waals surface area contributed by atoms with Gasteiger partial charge in [0.05, 0.1) is 10.2 Å². The molecule has 0 aliphatic carbocycles. The van der Waals surface area contributed by atoms with Gasteiger partial charge in [0.15, 0.2) is 4.80 Å². The van der Waals surface area contributed by atoms with Gasteiger partial charge in [-0.2, -0.15) is 4.99 Å². The number of carboxylic acids is 1. The molecule has 1 unspecified atom stereocenters. The number of aromatic nitrogens is 1. The second-order valence-corrected chi connectivity index (χ2v) is 7.62. The summed E-state index contributed by atoms with van der Waals surface area (Å²) in [6, 6.07) is 13.2. The highest BCUT2D eigenvalue weighted by molar-refractivity contribution is 7.16. The number of fused-ring (bicyclic) bond motifs is 1. The monoisotopic (exact) mass is 388 g/mol. The zero-order valence-corrected chi connectivity index (χ0v) is 15.8. The Labute approximate surface area is 159 Å². The fourth-order valence-electron chi connectivity index (χ4n) is 2.81. The van der Waals surface area contributed by atoms with Gasteiger partial charge in [0.25, 0.3) is 5.91 Å². The van der Waals surface area contributed by atoms with Gasteiger partial charge in [0.1, 0.15) is 6.04 Å². The lowest BCUT2D eigenvalue weighted by molar-refractivity contribution is -0.142. The Morgan fingerprint density at radius 1 is 1.15 bits per heavy atom. The van der Waals surface area contributed by atoms with Crippen molar-refractivity contribution >= 4 is 45.0 Å². The molecule has 0 bridgehead atoms. The van der Waals surface area contributed by atoms with Crippen molar-refractivity contribution in [3.05, 3.63) is 63.9 Å². The van der Waals surface area contributed by atoms with E-state index < -0.39 is 17.9 Å². The second kappa shape index (κ2) is 7.43. The number of amides is 1. The number of para-hydroxylation sites is 1. The third-order valence-corrected chi connectivity index (χ3v) is 5.23. The van der Waals surface area contributed by atoms with Crippen molar-refractivity contribution in [1.29, 1.82) is 0 Å². The zero-order valence-electron chi connectivity index (χ0n) is 14.2. The maximum absolute atomic E-state index is 12.6. The van der Waals surface area contributed by atoms with E-state index in [0.29, 0.717) is 15.4 Å². The lowest BCUT2D eigenvalue weighted by Gasteiger charge is -2.19. The summed E-state index contributed by atoms with van der Waals surface area (Å²) < 4.78 is 2.51. The number of halogens is 1. The summed E-state index contributed by atoms with van der Waals surface area (Å²) in [7, 11) is 0. The van der Waals surface area contributed by atoms with Crippen LogP contribution in [0.2, 0.25) is 5.02 Å². The average Bonchev–Trinajstić information content (AvgIpc) is 2.92. The third kappa shape index (κ3) is 3.57. The van der Waals surface area contributed by atoms with Crippen LogP contribution in [0.15, 0.2) is 53.5 Å². The third-order valence-electron chi connectivity index (χ3n) is 3.96. The summed E-state index contributed by atoms with van der Waals surface area (Å²) in [5.74, 6) is -1.59. The Hall–Kier alpha value is -2.44. The number of carbonyl (C=O) groups excluding carboxylic acids is 1. The first-order valence-corrected chi connectivity index (χ1v) is 9.25. The predicted octanol–water partition coefficient (Wildman–Crippen LogP) is 4.38. The van der Waals surface area contributed by atoms with Crippen LogP contribution in [-0.2, 0) is 4.79 Å². The highest BCUT2D eigenvalue weighted by Crippen LogP contribution is 2.25. The molecular formula is C19H17ClN2O3S. The topological polar surface area (TPSA) is 71.7 Å². The first-order chi connectivity index (χ1) is 12.4. The van der Waals surface area contributed by atoms with Crippen LogP contribution < -0.4 is 4.80 Å². The number of aliphatic carboxylic acids is 1. The molecule has 3 aromatic rings. The average molecular weight is 389 g/mol. The van der Waals surface area contributed by atoms with Gasteiger partial charge in [0.2, 0.25) is 0 Å². The number of carboxylic acid groups (broad SMARTS) is 1. The van der Waals surface area contributed by atoms with Gasteiger partial charge in [-0.25, -0.2) is 4.79 Å². The number of rotatable bonds is 4. The molecule has 5 nitrogen and oxygen atoms in total. The van der Waals surface area contributed by atoms with Crippen molar-refractivity contribution in [2.75, 3.05) is 0 Å². The Balaban J connectivity index is 2.24. The van der Waals surface area contributed by atoms with Gasteiger partial charge in [-0.05, 0) is 36.2 Å². The molecule has 2 aromatic carbocycles. The standard InChI is InChI=1S/C19H17ClN2O3S/c1-11(2)16(18(24)25)22-14-8-3-4-9-15(14)26-19(22)21-17(23)12-6-5-7-13(20)10-12/h3-11,16H,1-2H3,(H,24,25). The predicted molar refractivity (Wildman–Crippen MR) is 103 cm³/mol. The van der Waals surface area contributed by atoms with Crippen molar-refractivity contribution in [2.45, 2.75) is 19.9 Å². The smallest absolute Gasteiger partial charge is 0.327 e. The summed E-state index contributed by atoms with van der Waals surface area (Å²) >= 11 is 7.24. The van der Waals surface area contributed by atoms with Crippen molar-refractivity contribution < 1.29 is 14.7 Å². The van der Waals surface area contributed by atoms with E-state index in [-0.39, 0.29) is 5.92 Å². The minimum Gasteiger partial charge on any atom is -0.480 e. The van der Waals surface area contributed by atoms with E-state index in [0.717, 1.165) is 10.2 Å². The molecule has 26 heavy (non-hydrogen) atoms. The molecule has 0 radical (unpaired) electrons. The molecule has 7 heteroatoms. The molecule has 0 aliphatic heterocycles. The first kappa shape index (κ1) is 18.4. The lowest BCUT2D eigenvalue weighted by Crippen LogP contribution is -2.31. The van der Waals surface area contributed by atoms with Crippen LogP contribution in [0.5, 0.6) is 0 Å². The van der Waals surface area contributed by atoms with Crippen molar-refractivity contribution in [3.8, 4) is 0 Å². The molecule has 1 N–H and O–H groups in total. The number of hydrogen-bond donors (Lipinski definition) is 1. The van der Waals surface area contributed by atoms with Crippen LogP contribution in [0.1, 0.15) is 30.2 Å². The fourth-order valence-corrected chi connectivity index (χ4v) is 4.05. The summed E-state index contributed by atoms with van der Waals surface area (Å²) in [6.07, 6.45) is 0. The van der Waals surface area contributed by atoms with Gasteiger partial charge in [-0.15, -0.1) is 0 Å². The molecule has 1 atom stereocenters. The molecule has 1 amide bonds. The van der Waals surface area contributed by atoms with Gasteiger partial charge in [-0.1, -0.05) is 55.0 Å². The van der Waals surface area contributed by atoms with E-state index >= 15 is 0 Å². The van der Waals surface area contributed by atoms with Gasteiger partial charge >= 0.3 is 5.97 Å². The molecule has 3 rings (SSSR count). The highest BCUT2D eigenvalue weighted by atomic mass is 35.5. The first-order valence-electron chi connectivity index (χ1n) is 8.06. The van der Waals surface area contributed by atoms with E-state index in [1.54, 1.807) is 28.8 Å². The normalized spacial score (nSPS) is 13.3. The van der Waals surface area contributed by atoms with E-state index in [1.165, 1.54) is 11.3 Å². The number of thiazole rings is 1. The largest absolute Gasteiger partial charge is 0.480 e. The van der Waals surface area contributed by atoms with Crippen LogP contribution in [0.4, 0.5) is 0 Å². The van der Waals surface area contributed by atoms with Crippen LogP contribution in [0, 0.1) is 5.92 Å². The van der Waals surface area contributed by atoms with E-state index in [2.05, 4.69) is 4.99 Å². The molecule has 0 saturated carbocycles. The lowest BCUT2D eigenvalue weighted by atomic mass is 10.0. The van der Waals surface area contributed by atoms with E-state index in [1.807, 2.05) is 38.1 Å². The SMILES string of the molecule is CC(C)C(C(=O)O)n1c(=NC(=O)c2cccc(Cl)c2)sc2ccccc21. The summed E-state index contributed by atoms with van der Waals surface area (Å²) in [5.41, 5.74) is 1.11. The van der Waals surface area contributed by atoms with Crippen molar-refractivity contribution in [2.24, 2.45) is 10.9 Å². The van der Waals surface area contributed by atoms with Crippen LogP contribution in [0.25, 0.3) is 10.2 Å². The molecular weight excluding hydrogens is 372 g/mol. The summed E-state index contributed by atoms with van der Waals surface area (Å²) in [5, 5.41) is 10.2. The molecule has 0 spiro atoms. The Bertz CT molecular complexity index is 1050. The van der Waals surface area contributed by atoms with Gasteiger partial charge in [0, 0.05) is 10.6 Å². The Morgan fingerprint density at radius 3 is 2.54 bits per heavy atom.